The molecule has 9 nitrogen and oxygen atoms in total. The summed E-state index contributed by atoms with van der Waals surface area (Å²) in [6.45, 7) is 0. The number of carbonyl (C=O) groups excluding carboxylic acids is 4. The number of esters is 1. The summed E-state index contributed by atoms with van der Waals surface area (Å²) in [6, 6.07) is 6.38. The fourth-order valence-corrected chi connectivity index (χ4v) is 4.13. The zero-order chi connectivity index (χ0) is 21.7. The first-order valence-electron chi connectivity index (χ1n) is 8.98. The van der Waals surface area contributed by atoms with Crippen LogP contribution in [0.25, 0.3) is 0 Å². The van der Waals surface area contributed by atoms with Gasteiger partial charge >= 0.3 is 12.0 Å². The van der Waals surface area contributed by atoms with Crippen molar-refractivity contribution in [3.63, 3.8) is 0 Å². The average Bonchev–Trinajstić information content (AvgIpc) is 3.33. The normalized spacial score (nSPS) is 16.9. The van der Waals surface area contributed by atoms with Crippen LogP contribution in [0.5, 0.6) is 0 Å². The maximum atomic E-state index is 13.0. The van der Waals surface area contributed by atoms with E-state index in [2.05, 4.69) is 20.4 Å². The average molecular weight is 449 g/mol. The molecule has 2 aromatic rings. The van der Waals surface area contributed by atoms with Crippen LogP contribution in [0.4, 0.5) is 9.93 Å². The lowest BCUT2D eigenvalue weighted by atomic mass is 10.1. The highest BCUT2D eigenvalue weighted by Crippen LogP contribution is 2.26. The van der Waals surface area contributed by atoms with Crippen molar-refractivity contribution in [2.24, 2.45) is 0 Å². The molecule has 11 heteroatoms. The van der Waals surface area contributed by atoms with Crippen molar-refractivity contribution in [2.45, 2.75) is 18.5 Å². The molecule has 1 aliphatic heterocycles. The van der Waals surface area contributed by atoms with Crippen LogP contribution in [-0.4, -0.2) is 58.9 Å². The van der Waals surface area contributed by atoms with Crippen molar-refractivity contribution in [3.8, 4) is 0 Å². The number of amides is 4. The number of methoxy groups -OCH3 is 1. The summed E-state index contributed by atoms with van der Waals surface area (Å²) in [5.41, 5.74) is 0.711. The molecule has 0 aliphatic carbocycles. The third-order valence-corrected chi connectivity index (χ3v) is 5.84. The van der Waals surface area contributed by atoms with Gasteiger partial charge in [0.05, 0.1) is 7.11 Å². The van der Waals surface area contributed by atoms with Gasteiger partial charge in [0.1, 0.15) is 12.1 Å². The minimum Gasteiger partial charge on any atom is -0.464 e. The van der Waals surface area contributed by atoms with Gasteiger partial charge in [0.15, 0.2) is 10.8 Å². The minimum absolute atomic E-state index is 0.0672. The Labute approximate surface area is 181 Å². The number of aromatic nitrogens is 1. The van der Waals surface area contributed by atoms with Gasteiger partial charge in [-0.05, 0) is 24.0 Å². The van der Waals surface area contributed by atoms with Crippen molar-refractivity contribution in [1.82, 2.24) is 15.2 Å². The molecule has 1 aromatic carbocycles. The Morgan fingerprint density at radius 2 is 2.07 bits per heavy atom. The van der Waals surface area contributed by atoms with Crippen molar-refractivity contribution in [2.75, 3.05) is 24.4 Å². The molecular formula is C19H20N4O5S2. The number of nitrogens with one attached hydrogen (secondary N) is 2. The Morgan fingerprint density at radius 1 is 1.33 bits per heavy atom. The van der Waals surface area contributed by atoms with E-state index in [0.29, 0.717) is 11.3 Å². The lowest BCUT2D eigenvalue weighted by Gasteiger charge is -2.24. The van der Waals surface area contributed by atoms with Crippen LogP contribution in [0.1, 0.15) is 28.5 Å². The van der Waals surface area contributed by atoms with Gasteiger partial charge in [-0.3, -0.25) is 9.59 Å². The number of imide groups is 1. The molecule has 0 spiro atoms. The highest BCUT2D eigenvalue weighted by atomic mass is 32.2. The number of urea groups is 1. The Hall–Kier alpha value is -2.92. The molecule has 158 valence electrons. The van der Waals surface area contributed by atoms with Crippen LogP contribution in [0.3, 0.4) is 0 Å². The van der Waals surface area contributed by atoms with Gasteiger partial charge in [0.2, 0.25) is 5.91 Å². The number of ether oxygens (including phenoxy) is 1. The van der Waals surface area contributed by atoms with E-state index >= 15 is 0 Å². The predicted molar refractivity (Wildman–Crippen MR) is 113 cm³/mol. The highest BCUT2D eigenvalue weighted by Gasteiger charge is 2.45. The topological polar surface area (TPSA) is 118 Å². The molecule has 4 amide bonds. The highest BCUT2D eigenvalue weighted by molar-refractivity contribution is 7.98. The number of thioether (sulfide) groups is 1. The fourth-order valence-electron chi connectivity index (χ4n) is 2.99. The summed E-state index contributed by atoms with van der Waals surface area (Å²) < 4.78 is 4.60. The second-order valence-corrected chi connectivity index (χ2v) is 8.16. The zero-order valence-electron chi connectivity index (χ0n) is 16.3. The molecule has 2 N–H and O–H groups in total. The lowest BCUT2D eigenvalue weighted by molar-refractivity contribution is -0.134. The summed E-state index contributed by atoms with van der Waals surface area (Å²) in [7, 11) is 1.24. The first-order chi connectivity index (χ1) is 14.5. The van der Waals surface area contributed by atoms with Gasteiger partial charge in [0, 0.05) is 5.38 Å². The van der Waals surface area contributed by atoms with Gasteiger partial charge in [-0.15, -0.1) is 11.3 Å². The zero-order valence-corrected chi connectivity index (χ0v) is 17.9. The largest absolute Gasteiger partial charge is 0.464 e. The number of hydrogen-bond donors (Lipinski definition) is 2. The summed E-state index contributed by atoms with van der Waals surface area (Å²) in [6.07, 6.45) is 2.15. The molecule has 2 atom stereocenters. The first-order valence-corrected chi connectivity index (χ1v) is 11.3. The van der Waals surface area contributed by atoms with Crippen molar-refractivity contribution < 1.29 is 23.9 Å². The van der Waals surface area contributed by atoms with Crippen LogP contribution in [-0.2, 0) is 14.3 Å². The molecule has 0 bridgehead atoms. The van der Waals surface area contributed by atoms with Gasteiger partial charge in [0.25, 0.3) is 5.91 Å². The van der Waals surface area contributed by atoms with E-state index in [1.807, 2.05) is 12.3 Å². The van der Waals surface area contributed by atoms with Crippen LogP contribution in [0.2, 0.25) is 0 Å². The van der Waals surface area contributed by atoms with Crippen LogP contribution in [0, 0.1) is 0 Å². The number of nitrogens with zero attached hydrogens (tertiary/aromatic N) is 2. The molecule has 0 radical (unpaired) electrons. The Bertz CT molecular complexity index is 949. The molecule has 2 heterocycles. The van der Waals surface area contributed by atoms with E-state index in [1.165, 1.54) is 24.3 Å². The number of rotatable bonds is 8. The molecule has 1 fully saturated rings. The minimum atomic E-state index is -1.01. The summed E-state index contributed by atoms with van der Waals surface area (Å²) in [5, 5.41) is 6.89. The van der Waals surface area contributed by atoms with E-state index in [0.717, 1.165) is 16.2 Å². The molecule has 0 saturated carbocycles. The van der Waals surface area contributed by atoms with E-state index < -0.39 is 35.9 Å². The Kier molecular flexibility index (Phi) is 7.06. The van der Waals surface area contributed by atoms with E-state index in [4.69, 9.17) is 0 Å². The fraction of sp³-hybridized carbons (Fsp3) is 0.316. The smallest absolute Gasteiger partial charge is 0.357 e. The second kappa shape index (κ2) is 9.72. The summed E-state index contributed by atoms with van der Waals surface area (Å²) in [5.74, 6) is -1.09. The number of benzene rings is 1. The van der Waals surface area contributed by atoms with Gasteiger partial charge in [-0.25, -0.2) is 19.5 Å². The maximum Gasteiger partial charge on any atom is 0.357 e. The van der Waals surface area contributed by atoms with Gasteiger partial charge in [-0.1, -0.05) is 30.3 Å². The second-order valence-electron chi connectivity index (χ2n) is 6.32. The predicted octanol–water partition coefficient (Wildman–Crippen LogP) is 2.28. The number of carbonyl (C=O) groups is 4. The number of anilines is 1. The van der Waals surface area contributed by atoms with Crippen molar-refractivity contribution in [3.05, 3.63) is 47.0 Å². The van der Waals surface area contributed by atoms with E-state index in [1.54, 1.807) is 24.3 Å². The quantitative estimate of drug-likeness (QED) is 0.470. The van der Waals surface area contributed by atoms with Crippen molar-refractivity contribution in [1.29, 1.82) is 0 Å². The van der Waals surface area contributed by atoms with Crippen LogP contribution >= 0.6 is 23.1 Å². The van der Waals surface area contributed by atoms with Crippen LogP contribution < -0.4 is 10.6 Å². The summed E-state index contributed by atoms with van der Waals surface area (Å²) in [4.78, 5) is 55.1. The number of hydrogen-bond acceptors (Lipinski definition) is 8. The SMILES string of the molecule is COC(=O)c1csc(NC(=O)[C@H](CCSC)N2C(=O)N[C@@H](c3ccccc3)C2=O)n1. The Balaban J connectivity index is 1.80. The van der Waals surface area contributed by atoms with Gasteiger partial charge < -0.3 is 15.4 Å². The number of thiazole rings is 1. The van der Waals surface area contributed by atoms with E-state index in [-0.39, 0.29) is 17.2 Å². The summed E-state index contributed by atoms with van der Waals surface area (Å²) >= 11 is 2.55. The third kappa shape index (κ3) is 4.62. The molecule has 0 unspecified atom stereocenters. The standard InChI is InChI=1S/C19H20N4O5S2/c1-28-17(26)12-10-30-18(20-12)22-15(24)13(8-9-29-2)23-16(25)14(21-19(23)27)11-6-4-3-5-7-11/h3-7,10,13-14H,8-9H2,1-2H3,(H,21,27)(H,20,22,24)/t13-,14-/m0/s1. The monoisotopic (exact) mass is 448 g/mol. The lowest BCUT2D eigenvalue weighted by Crippen LogP contribution is -2.48. The molecule has 1 aromatic heterocycles. The molecule has 1 saturated heterocycles. The molecule has 3 rings (SSSR count). The molecule has 1 aliphatic rings. The van der Waals surface area contributed by atoms with Crippen molar-refractivity contribution >= 4 is 52.0 Å². The first kappa shape index (κ1) is 21.8. The Morgan fingerprint density at radius 3 is 2.73 bits per heavy atom. The van der Waals surface area contributed by atoms with Gasteiger partial charge in [-0.2, -0.15) is 11.8 Å². The third-order valence-electron chi connectivity index (χ3n) is 4.44. The maximum absolute atomic E-state index is 13.0. The van der Waals surface area contributed by atoms with Crippen LogP contribution in [0.15, 0.2) is 35.7 Å². The van der Waals surface area contributed by atoms with E-state index in [9.17, 15) is 19.2 Å². The molecular weight excluding hydrogens is 428 g/mol. The molecule has 30 heavy (non-hydrogen) atoms.